The zero-order chi connectivity index (χ0) is 13.8. The van der Waals surface area contributed by atoms with Crippen molar-refractivity contribution in [1.29, 1.82) is 0 Å². The van der Waals surface area contributed by atoms with Crippen LogP contribution in [0.5, 0.6) is 0 Å². The lowest BCUT2D eigenvalue weighted by Crippen LogP contribution is -2.21. The molecule has 0 radical (unpaired) electrons. The summed E-state index contributed by atoms with van der Waals surface area (Å²) in [5.41, 5.74) is 0.984. The Morgan fingerprint density at radius 1 is 1.39 bits per heavy atom. The Labute approximate surface area is 106 Å². The van der Waals surface area contributed by atoms with Crippen molar-refractivity contribution in [3.05, 3.63) is 47.5 Å². The van der Waals surface area contributed by atoms with E-state index >= 15 is 0 Å². The van der Waals surface area contributed by atoms with Crippen LogP contribution in [-0.2, 0) is 6.18 Å². The quantitative estimate of drug-likeness (QED) is 0.774. The number of nitrogens with one attached hydrogen (secondary N) is 1. The molecule has 0 heterocycles. The molecule has 0 aliphatic carbocycles. The fourth-order valence-corrected chi connectivity index (χ4v) is 1.83. The van der Waals surface area contributed by atoms with Crippen LogP contribution in [0.25, 0.3) is 0 Å². The van der Waals surface area contributed by atoms with Crippen LogP contribution in [0.15, 0.2) is 36.4 Å². The molecule has 1 unspecified atom stereocenters. The van der Waals surface area contributed by atoms with E-state index in [2.05, 4.69) is 11.9 Å². The highest BCUT2D eigenvalue weighted by Gasteiger charge is 2.30. The predicted octanol–water partition coefficient (Wildman–Crippen LogP) is 4.32. The second kappa shape index (κ2) is 6.05. The average molecular weight is 257 g/mol. The number of alkyl halides is 3. The van der Waals surface area contributed by atoms with E-state index in [-0.39, 0.29) is 6.04 Å². The van der Waals surface area contributed by atoms with Crippen molar-refractivity contribution < 1.29 is 13.2 Å². The Kier molecular flexibility index (Phi) is 4.96. The summed E-state index contributed by atoms with van der Waals surface area (Å²) in [6.07, 6.45) is -3.66. The van der Waals surface area contributed by atoms with Crippen molar-refractivity contribution in [1.82, 2.24) is 5.32 Å². The molecule has 0 amide bonds. The highest BCUT2D eigenvalue weighted by atomic mass is 19.4. The first kappa shape index (κ1) is 14.8. The zero-order valence-electron chi connectivity index (χ0n) is 10.6. The number of hydrogen-bond donors (Lipinski definition) is 1. The first-order valence-electron chi connectivity index (χ1n) is 5.89. The third kappa shape index (κ3) is 4.18. The van der Waals surface area contributed by atoms with Gasteiger partial charge in [-0.05, 0) is 37.6 Å². The number of halogens is 3. The molecule has 0 aromatic heterocycles. The van der Waals surface area contributed by atoms with Crippen molar-refractivity contribution in [2.45, 2.75) is 32.5 Å². The van der Waals surface area contributed by atoms with Gasteiger partial charge >= 0.3 is 6.18 Å². The lowest BCUT2D eigenvalue weighted by atomic mass is 9.98. The second-order valence-corrected chi connectivity index (χ2v) is 4.39. The molecule has 1 aromatic rings. The molecule has 0 spiro atoms. The largest absolute Gasteiger partial charge is 0.416 e. The topological polar surface area (TPSA) is 12.0 Å². The van der Waals surface area contributed by atoms with Crippen molar-refractivity contribution >= 4 is 0 Å². The van der Waals surface area contributed by atoms with E-state index in [4.69, 9.17) is 0 Å². The molecule has 0 aliphatic rings. The standard InChI is InChI=1S/C14H18F3N/c1-4-18-13(8-10(2)3)11-6-5-7-12(9-11)14(15,16)17/h5-7,9,13,18H,2,4,8H2,1,3H3. The van der Waals surface area contributed by atoms with Crippen LogP contribution in [0, 0.1) is 0 Å². The van der Waals surface area contributed by atoms with Crippen LogP contribution in [-0.4, -0.2) is 6.54 Å². The minimum Gasteiger partial charge on any atom is -0.310 e. The van der Waals surface area contributed by atoms with Crippen LogP contribution >= 0.6 is 0 Å². The van der Waals surface area contributed by atoms with Gasteiger partial charge in [0.25, 0.3) is 0 Å². The maximum atomic E-state index is 12.6. The Bertz CT molecular complexity index is 410. The summed E-state index contributed by atoms with van der Waals surface area (Å²) in [6.45, 7) is 8.32. The molecule has 1 atom stereocenters. The molecule has 1 N–H and O–H groups in total. The van der Waals surface area contributed by atoms with E-state index in [0.29, 0.717) is 18.5 Å². The van der Waals surface area contributed by atoms with E-state index in [9.17, 15) is 13.2 Å². The van der Waals surface area contributed by atoms with Gasteiger partial charge in [-0.2, -0.15) is 13.2 Å². The minimum absolute atomic E-state index is 0.116. The van der Waals surface area contributed by atoms with Crippen molar-refractivity contribution in [3.63, 3.8) is 0 Å². The fourth-order valence-electron chi connectivity index (χ4n) is 1.83. The summed E-state index contributed by atoms with van der Waals surface area (Å²) in [4.78, 5) is 0. The van der Waals surface area contributed by atoms with Crippen LogP contribution < -0.4 is 5.32 Å². The molecule has 0 bridgehead atoms. The lowest BCUT2D eigenvalue weighted by Gasteiger charge is -2.19. The third-order valence-corrected chi connectivity index (χ3v) is 2.62. The molecule has 0 aliphatic heterocycles. The zero-order valence-corrected chi connectivity index (χ0v) is 10.6. The normalized spacial score (nSPS) is 13.4. The first-order valence-corrected chi connectivity index (χ1v) is 5.89. The molecule has 4 heteroatoms. The van der Waals surface area contributed by atoms with Gasteiger partial charge in [-0.3, -0.25) is 0 Å². The highest BCUT2D eigenvalue weighted by molar-refractivity contribution is 5.28. The third-order valence-electron chi connectivity index (χ3n) is 2.62. The summed E-state index contributed by atoms with van der Waals surface area (Å²) in [5, 5.41) is 3.18. The van der Waals surface area contributed by atoms with E-state index in [1.54, 1.807) is 6.07 Å². The maximum Gasteiger partial charge on any atom is 0.416 e. The van der Waals surface area contributed by atoms with Gasteiger partial charge < -0.3 is 5.32 Å². The Morgan fingerprint density at radius 2 is 2.06 bits per heavy atom. The SMILES string of the molecule is C=C(C)CC(NCC)c1cccc(C(F)(F)F)c1. The van der Waals surface area contributed by atoms with Gasteiger partial charge in [0, 0.05) is 6.04 Å². The molecule has 1 aromatic carbocycles. The molecule has 18 heavy (non-hydrogen) atoms. The van der Waals surface area contributed by atoms with Crippen LogP contribution in [0.4, 0.5) is 13.2 Å². The van der Waals surface area contributed by atoms with Crippen LogP contribution in [0.3, 0.4) is 0 Å². The molecule has 0 saturated carbocycles. The maximum absolute atomic E-state index is 12.6. The van der Waals surface area contributed by atoms with E-state index < -0.39 is 11.7 Å². The highest BCUT2D eigenvalue weighted by Crippen LogP contribution is 2.31. The van der Waals surface area contributed by atoms with Gasteiger partial charge in [-0.1, -0.05) is 24.6 Å². The average Bonchev–Trinajstić information content (AvgIpc) is 2.27. The van der Waals surface area contributed by atoms with E-state index in [0.717, 1.165) is 11.6 Å². The summed E-state index contributed by atoms with van der Waals surface area (Å²) >= 11 is 0. The monoisotopic (exact) mass is 257 g/mol. The molecular weight excluding hydrogens is 239 g/mol. The minimum atomic E-state index is -4.30. The van der Waals surface area contributed by atoms with Gasteiger partial charge in [0.05, 0.1) is 5.56 Å². The molecule has 0 saturated heterocycles. The number of hydrogen-bond acceptors (Lipinski definition) is 1. The van der Waals surface area contributed by atoms with Gasteiger partial charge in [0.1, 0.15) is 0 Å². The molecular formula is C14H18F3N. The van der Waals surface area contributed by atoms with Gasteiger partial charge in [-0.25, -0.2) is 0 Å². The van der Waals surface area contributed by atoms with E-state index in [1.165, 1.54) is 12.1 Å². The summed E-state index contributed by atoms with van der Waals surface area (Å²) < 4.78 is 37.9. The molecule has 1 nitrogen and oxygen atoms in total. The van der Waals surface area contributed by atoms with Crippen molar-refractivity contribution in [3.8, 4) is 0 Å². The number of benzene rings is 1. The second-order valence-electron chi connectivity index (χ2n) is 4.39. The molecule has 0 fully saturated rings. The number of rotatable bonds is 5. The van der Waals surface area contributed by atoms with Crippen LogP contribution in [0.2, 0.25) is 0 Å². The van der Waals surface area contributed by atoms with E-state index in [1.807, 2.05) is 13.8 Å². The predicted molar refractivity (Wildman–Crippen MR) is 67.3 cm³/mol. The Hall–Kier alpha value is -1.29. The molecule has 100 valence electrons. The summed E-state index contributed by atoms with van der Waals surface area (Å²) in [6, 6.07) is 5.34. The molecule has 1 rings (SSSR count). The van der Waals surface area contributed by atoms with Crippen molar-refractivity contribution in [2.75, 3.05) is 6.54 Å². The van der Waals surface area contributed by atoms with Gasteiger partial charge in [-0.15, -0.1) is 6.58 Å². The smallest absolute Gasteiger partial charge is 0.310 e. The van der Waals surface area contributed by atoms with Crippen LogP contribution in [0.1, 0.15) is 37.4 Å². The van der Waals surface area contributed by atoms with Gasteiger partial charge in [0.2, 0.25) is 0 Å². The summed E-state index contributed by atoms with van der Waals surface area (Å²) in [5.74, 6) is 0. The Balaban J connectivity index is 3.01. The summed E-state index contributed by atoms with van der Waals surface area (Å²) in [7, 11) is 0. The Morgan fingerprint density at radius 3 is 2.56 bits per heavy atom. The van der Waals surface area contributed by atoms with Crippen molar-refractivity contribution in [2.24, 2.45) is 0 Å². The van der Waals surface area contributed by atoms with Gasteiger partial charge in [0.15, 0.2) is 0 Å². The lowest BCUT2D eigenvalue weighted by molar-refractivity contribution is -0.137. The first-order chi connectivity index (χ1) is 8.34. The fraction of sp³-hybridized carbons (Fsp3) is 0.429.